The first-order valence-electron chi connectivity index (χ1n) is 6.32. The third-order valence-electron chi connectivity index (χ3n) is 3.37. The molecule has 0 N–H and O–H groups in total. The van der Waals surface area contributed by atoms with Crippen LogP contribution >= 0.6 is 11.6 Å². The first-order chi connectivity index (χ1) is 9.70. The maximum absolute atomic E-state index is 12.5. The number of hydrogen-bond acceptors (Lipinski definition) is 4. The predicted molar refractivity (Wildman–Crippen MR) is 71.3 cm³/mol. The Kier molecular flexibility index (Phi) is 4.27. The van der Waals surface area contributed by atoms with Crippen molar-refractivity contribution in [1.82, 2.24) is 14.9 Å². The van der Waals surface area contributed by atoms with Crippen LogP contribution < -0.4 is 4.90 Å². The van der Waals surface area contributed by atoms with Crippen LogP contribution in [0, 0.1) is 0 Å². The first kappa shape index (κ1) is 15.8. The molecule has 2 atom stereocenters. The van der Waals surface area contributed by atoms with Gasteiger partial charge in [0.15, 0.2) is 0 Å². The van der Waals surface area contributed by atoms with E-state index in [0.717, 1.165) is 12.4 Å². The molecule has 2 rings (SSSR count). The van der Waals surface area contributed by atoms with E-state index in [9.17, 15) is 18.0 Å². The zero-order chi connectivity index (χ0) is 15.8. The molecule has 0 radical (unpaired) electrons. The minimum atomic E-state index is -4.46. The highest BCUT2D eigenvalue weighted by molar-refractivity contribution is 6.62. The molecule has 1 saturated heterocycles. The Bertz CT molecular complexity index is 510. The third kappa shape index (κ3) is 3.37. The van der Waals surface area contributed by atoms with Gasteiger partial charge in [-0.15, -0.1) is 0 Å². The van der Waals surface area contributed by atoms with Crippen LogP contribution in [-0.2, 0) is 6.18 Å². The molecule has 0 aromatic carbocycles. The number of carbonyl (C=O) groups excluding carboxylic acids is 1. The number of alkyl halides is 3. The minimum absolute atomic E-state index is 0.176. The van der Waals surface area contributed by atoms with Crippen LogP contribution in [0.1, 0.15) is 19.4 Å². The second-order valence-electron chi connectivity index (χ2n) is 5.03. The smallest absolute Gasteiger partial charge is 0.337 e. The summed E-state index contributed by atoms with van der Waals surface area (Å²) in [7, 11) is 0. The lowest BCUT2D eigenvalue weighted by atomic mass is 10.1. The van der Waals surface area contributed by atoms with Crippen LogP contribution in [0.2, 0.25) is 0 Å². The van der Waals surface area contributed by atoms with Gasteiger partial charge in [-0.25, -0.2) is 9.97 Å². The van der Waals surface area contributed by atoms with Gasteiger partial charge in [0.05, 0.1) is 5.56 Å². The largest absolute Gasteiger partial charge is 0.419 e. The van der Waals surface area contributed by atoms with Gasteiger partial charge in [-0.3, -0.25) is 4.79 Å². The van der Waals surface area contributed by atoms with Gasteiger partial charge in [0.2, 0.25) is 5.95 Å². The van der Waals surface area contributed by atoms with E-state index < -0.39 is 17.1 Å². The zero-order valence-corrected chi connectivity index (χ0v) is 12.2. The SMILES string of the molecule is C[C@@H]1CN(c2ncc(C(F)(F)F)cn2)C[C@H](C)N1C(=O)Cl. The second-order valence-corrected chi connectivity index (χ2v) is 5.36. The van der Waals surface area contributed by atoms with Crippen molar-refractivity contribution >= 4 is 22.9 Å². The molecule has 116 valence electrons. The number of nitrogens with zero attached hydrogens (tertiary/aromatic N) is 4. The number of piperazine rings is 1. The molecule has 0 aliphatic carbocycles. The quantitative estimate of drug-likeness (QED) is 0.589. The molecule has 0 unspecified atom stereocenters. The number of hydrogen-bond donors (Lipinski definition) is 0. The van der Waals surface area contributed by atoms with Gasteiger partial charge in [-0.05, 0) is 25.4 Å². The van der Waals surface area contributed by atoms with Crippen LogP contribution in [0.25, 0.3) is 0 Å². The van der Waals surface area contributed by atoms with Crippen molar-refractivity contribution in [1.29, 1.82) is 0 Å². The fourth-order valence-electron chi connectivity index (χ4n) is 2.46. The normalized spacial score (nSPS) is 23.3. The van der Waals surface area contributed by atoms with E-state index >= 15 is 0 Å². The molecular formula is C12H14ClF3N4O. The molecule has 2 heterocycles. The Hall–Kier alpha value is -1.57. The number of rotatable bonds is 1. The summed E-state index contributed by atoms with van der Waals surface area (Å²) in [5, 5.41) is -0.539. The van der Waals surface area contributed by atoms with Crippen LogP contribution in [0.15, 0.2) is 12.4 Å². The van der Waals surface area contributed by atoms with Crippen LogP contribution in [0.4, 0.5) is 23.9 Å². The van der Waals surface area contributed by atoms with Crippen molar-refractivity contribution in [3.8, 4) is 0 Å². The van der Waals surface area contributed by atoms with Crippen LogP contribution in [-0.4, -0.2) is 45.4 Å². The molecular weight excluding hydrogens is 309 g/mol. The van der Waals surface area contributed by atoms with Gasteiger partial charge in [0.1, 0.15) is 0 Å². The fraction of sp³-hybridized carbons (Fsp3) is 0.583. The molecule has 9 heteroatoms. The number of aromatic nitrogens is 2. The summed E-state index contributed by atoms with van der Waals surface area (Å²) in [6, 6.07) is -0.353. The highest BCUT2D eigenvalue weighted by Gasteiger charge is 2.34. The number of amides is 1. The van der Waals surface area contributed by atoms with Crippen molar-refractivity contribution in [3.05, 3.63) is 18.0 Å². The predicted octanol–water partition coefficient (Wildman–Crippen LogP) is 2.75. The fourth-order valence-corrected chi connectivity index (χ4v) is 2.80. The maximum atomic E-state index is 12.5. The molecule has 0 spiro atoms. The van der Waals surface area contributed by atoms with Crippen molar-refractivity contribution in [2.24, 2.45) is 0 Å². The highest BCUT2D eigenvalue weighted by Crippen LogP contribution is 2.29. The number of carbonyl (C=O) groups is 1. The Morgan fingerprint density at radius 1 is 1.24 bits per heavy atom. The summed E-state index contributed by atoms with van der Waals surface area (Å²) >= 11 is 5.52. The average molecular weight is 323 g/mol. The van der Waals surface area contributed by atoms with E-state index in [1.165, 1.54) is 4.90 Å². The Morgan fingerprint density at radius 2 is 1.71 bits per heavy atom. The van der Waals surface area contributed by atoms with E-state index in [2.05, 4.69) is 9.97 Å². The molecule has 1 fully saturated rings. The van der Waals surface area contributed by atoms with Gasteiger partial charge in [0.25, 0.3) is 0 Å². The molecule has 0 saturated carbocycles. The minimum Gasteiger partial charge on any atom is -0.337 e. The number of anilines is 1. The molecule has 0 bridgehead atoms. The van der Waals surface area contributed by atoms with Gasteiger partial charge >= 0.3 is 11.5 Å². The average Bonchev–Trinajstić information content (AvgIpc) is 2.36. The van der Waals surface area contributed by atoms with Crippen molar-refractivity contribution in [3.63, 3.8) is 0 Å². The van der Waals surface area contributed by atoms with E-state index in [4.69, 9.17) is 11.6 Å². The lowest BCUT2D eigenvalue weighted by molar-refractivity contribution is -0.138. The van der Waals surface area contributed by atoms with Crippen molar-refractivity contribution in [2.75, 3.05) is 18.0 Å². The molecule has 1 aromatic rings. The van der Waals surface area contributed by atoms with Gasteiger partial charge < -0.3 is 9.80 Å². The molecule has 5 nitrogen and oxygen atoms in total. The summed E-state index contributed by atoms with van der Waals surface area (Å²) in [5.74, 6) is 0.211. The highest BCUT2D eigenvalue weighted by atomic mass is 35.5. The molecule has 1 aromatic heterocycles. The monoisotopic (exact) mass is 322 g/mol. The zero-order valence-electron chi connectivity index (χ0n) is 11.4. The summed E-state index contributed by atoms with van der Waals surface area (Å²) in [6.45, 7) is 4.45. The molecule has 1 aliphatic heterocycles. The molecule has 1 aliphatic rings. The van der Waals surface area contributed by atoms with E-state index in [0.29, 0.717) is 13.1 Å². The van der Waals surface area contributed by atoms with Crippen molar-refractivity contribution in [2.45, 2.75) is 32.1 Å². The topological polar surface area (TPSA) is 49.3 Å². The summed E-state index contributed by atoms with van der Waals surface area (Å²) in [5.41, 5.74) is -0.887. The molecule has 1 amide bonds. The summed E-state index contributed by atoms with van der Waals surface area (Å²) < 4.78 is 37.4. The summed E-state index contributed by atoms with van der Waals surface area (Å²) in [6.07, 6.45) is -2.93. The Labute approximate surface area is 124 Å². The lowest BCUT2D eigenvalue weighted by Crippen LogP contribution is -2.57. The second kappa shape index (κ2) is 5.67. The summed E-state index contributed by atoms with van der Waals surface area (Å²) in [4.78, 5) is 22.1. The van der Waals surface area contributed by atoms with Gasteiger partial charge in [-0.1, -0.05) is 0 Å². The standard InChI is InChI=1S/C12H14ClF3N4O/c1-7-5-19(6-8(2)20(7)10(13)21)11-17-3-9(4-18-11)12(14,15)16/h3-4,7-8H,5-6H2,1-2H3/t7-,8+. The maximum Gasteiger partial charge on any atom is 0.419 e. The van der Waals surface area contributed by atoms with Gasteiger partial charge in [-0.2, -0.15) is 13.2 Å². The van der Waals surface area contributed by atoms with Gasteiger partial charge in [0, 0.05) is 37.6 Å². The van der Waals surface area contributed by atoms with Crippen LogP contribution in [0.3, 0.4) is 0 Å². The number of halogens is 4. The van der Waals surface area contributed by atoms with Crippen molar-refractivity contribution < 1.29 is 18.0 Å². The Morgan fingerprint density at radius 3 is 2.10 bits per heavy atom. The van der Waals surface area contributed by atoms with E-state index in [-0.39, 0.29) is 18.0 Å². The van der Waals surface area contributed by atoms with E-state index in [1.54, 1.807) is 4.90 Å². The Balaban J connectivity index is 2.15. The molecule has 21 heavy (non-hydrogen) atoms. The lowest BCUT2D eigenvalue weighted by Gasteiger charge is -2.43. The third-order valence-corrected chi connectivity index (χ3v) is 3.57. The first-order valence-corrected chi connectivity index (χ1v) is 6.70. The van der Waals surface area contributed by atoms with E-state index in [1.807, 2.05) is 13.8 Å². The van der Waals surface area contributed by atoms with Crippen LogP contribution in [0.5, 0.6) is 0 Å².